The summed E-state index contributed by atoms with van der Waals surface area (Å²) >= 11 is 2.04. The van der Waals surface area contributed by atoms with Gasteiger partial charge in [-0.05, 0) is 41.4 Å². The molecule has 0 aromatic carbocycles. The molecule has 4 nitrogen and oxygen atoms in total. The predicted molar refractivity (Wildman–Crippen MR) is 83.3 cm³/mol. The highest BCUT2D eigenvalue weighted by Crippen LogP contribution is 2.35. The molecule has 0 aliphatic heterocycles. The number of aromatic amines is 1. The highest BCUT2D eigenvalue weighted by molar-refractivity contribution is 14.1. The number of nitrogens with one attached hydrogen (secondary N) is 1. The van der Waals surface area contributed by atoms with E-state index in [0.29, 0.717) is 16.1 Å². The van der Waals surface area contributed by atoms with E-state index in [1.807, 2.05) is 22.6 Å². The van der Waals surface area contributed by atoms with Gasteiger partial charge in [0.25, 0.3) is 5.56 Å². The Bertz CT molecular complexity index is 487. The van der Waals surface area contributed by atoms with Crippen molar-refractivity contribution in [2.75, 3.05) is 7.11 Å². The summed E-state index contributed by atoms with van der Waals surface area (Å²) in [5.41, 5.74) is 0.733. The fourth-order valence-electron chi connectivity index (χ4n) is 2.86. The van der Waals surface area contributed by atoms with Crippen LogP contribution in [0.4, 0.5) is 0 Å². The van der Waals surface area contributed by atoms with Crippen molar-refractivity contribution in [3.63, 3.8) is 0 Å². The Morgan fingerprint density at radius 3 is 2.95 bits per heavy atom. The van der Waals surface area contributed by atoms with Crippen LogP contribution >= 0.6 is 22.6 Å². The SMILES string of the molecule is CCC1CCCC(c2nc(COC)c(I)c(=O)[nH]2)C1. The summed E-state index contributed by atoms with van der Waals surface area (Å²) < 4.78 is 5.77. The minimum Gasteiger partial charge on any atom is -0.378 e. The molecular weight excluding hydrogens is 355 g/mol. The van der Waals surface area contributed by atoms with Gasteiger partial charge in [0, 0.05) is 13.0 Å². The molecule has 1 N–H and O–H groups in total. The van der Waals surface area contributed by atoms with Gasteiger partial charge < -0.3 is 9.72 Å². The average molecular weight is 376 g/mol. The second-order valence-electron chi connectivity index (χ2n) is 5.28. The topological polar surface area (TPSA) is 55.0 Å². The molecule has 0 spiro atoms. The Balaban J connectivity index is 2.26. The number of ether oxygens (including phenoxy) is 1. The quantitative estimate of drug-likeness (QED) is 0.822. The van der Waals surface area contributed by atoms with Gasteiger partial charge in [0.2, 0.25) is 0 Å². The van der Waals surface area contributed by atoms with E-state index in [-0.39, 0.29) is 5.56 Å². The molecule has 1 aromatic heterocycles. The molecule has 5 heteroatoms. The first-order chi connectivity index (χ1) is 9.15. The van der Waals surface area contributed by atoms with Crippen LogP contribution in [0.3, 0.4) is 0 Å². The molecule has 1 fully saturated rings. The fraction of sp³-hybridized carbons (Fsp3) is 0.714. The number of rotatable bonds is 4. The van der Waals surface area contributed by atoms with Crippen LogP contribution in [0.2, 0.25) is 0 Å². The molecule has 0 saturated heterocycles. The van der Waals surface area contributed by atoms with E-state index in [1.165, 1.54) is 19.3 Å². The number of hydrogen-bond acceptors (Lipinski definition) is 3. The number of hydrogen-bond donors (Lipinski definition) is 1. The zero-order chi connectivity index (χ0) is 13.8. The Hall–Kier alpha value is -0.430. The van der Waals surface area contributed by atoms with Gasteiger partial charge in [0.15, 0.2) is 0 Å². The van der Waals surface area contributed by atoms with Gasteiger partial charge in [0.05, 0.1) is 12.3 Å². The van der Waals surface area contributed by atoms with Gasteiger partial charge in [-0.3, -0.25) is 4.79 Å². The Morgan fingerprint density at radius 2 is 2.26 bits per heavy atom. The van der Waals surface area contributed by atoms with Crippen molar-refractivity contribution < 1.29 is 4.74 Å². The minimum absolute atomic E-state index is 0.0312. The summed E-state index contributed by atoms with van der Waals surface area (Å²) in [7, 11) is 1.63. The largest absolute Gasteiger partial charge is 0.378 e. The number of H-pyrrole nitrogens is 1. The van der Waals surface area contributed by atoms with Crippen molar-refractivity contribution in [2.24, 2.45) is 5.92 Å². The van der Waals surface area contributed by atoms with Crippen LogP contribution in [-0.2, 0) is 11.3 Å². The number of methoxy groups -OCH3 is 1. The third kappa shape index (κ3) is 3.56. The van der Waals surface area contributed by atoms with Gasteiger partial charge in [0.1, 0.15) is 9.39 Å². The molecular formula is C14H21IN2O2. The maximum Gasteiger partial charge on any atom is 0.264 e. The Morgan fingerprint density at radius 1 is 1.47 bits per heavy atom. The molecule has 1 aliphatic carbocycles. The molecule has 0 radical (unpaired) electrons. The van der Waals surface area contributed by atoms with E-state index >= 15 is 0 Å². The first-order valence-corrected chi connectivity index (χ1v) is 8.01. The zero-order valence-corrected chi connectivity index (χ0v) is 13.7. The van der Waals surface area contributed by atoms with E-state index in [9.17, 15) is 4.79 Å². The molecule has 1 aliphatic rings. The molecule has 1 saturated carbocycles. The molecule has 0 bridgehead atoms. The maximum absolute atomic E-state index is 12.0. The van der Waals surface area contributed by atoms with E-state index < -0.39 is 0 Å². The summed E-state index contributed by atoms with van der Waals surface area (Å²) in [6.07, 6.45) is 6.04. The highest BCUT2D eigenvalue weighted by Gasteiger charge is 2.24. The molecule has 19 heavy (non-hydrogen) atoms. The third-order valence-electron chi connectivity index (χ3n) is 3.98. The first kappa shape index (κ1) is 15.0. The second-order valence-corrected chi connectivity index (χ2v) is 6.36. The minimum atomic E-state index is -0.0312. The molecule has 1 aromatic rings. The smallest absolute Gasteiger partial charge is 0.264 e. The van der Waals surface area contributed by atoms with E-state index in [1.54, 1.807) is 7.11 Å². The molecule has 2 rings (SSSR count). The maximum atomic E-state index is 12.0. The molecule has 2 atom stereocenters. The van der Waals surface area contributed by atoms with Crippen LogP contribution in [-0.4, -0.2) is 17.1 Å². The Kier molecular flexibility index (Phi) is 5.38. The number of aromatic nitrogens is 2. The van der Waals surface area contributed by atoms with Crippen molar-refractivity contribution in [1.82, 2.24) is 9.97 Å². The van der Waals surface area contributed by atoms with E-state index in [0.717, 1.165) is 30.3 Å². The van der Waals surface area contributed by atoms with E-state index in [2.05, 4.69) is 16.9 Å². The first-order valence-electron chi connectivity index (χ1n) is 6.93. The second kappa shape index (κ2) is 6.83. The monoisotopic (exact) mass is 376 g/mol. The highest BCUT2D eigenvalue weighted by atomic mass is 127. The number of nitrogens with zero attached hydrogens (tertiary/aromatic N) is 1. The third-order valence-corrected chi connectivity index (χ3v) is 5.09. The van der Waals surface area contributed by atoms with Crippen LogP contribution in [0.1, 0.15) is 56.5 Å². The molecule has 106 valence electrons. The number of halogens is 1. The van der Waals surface area contributed by atoms with Gasteiger partial charge in [-0.25, -0.2) is 4.98 Å². The van der Waals surface area contributed by atoms with Crippen molar-refractivity contribution in [3.8, 4) is 0 Å². The van der Waals surface area contributed by atoms with E-state index in [4.69, 9.17) is 4.74 Å². The standard InChI is InChI=1S/C14H21IN2O2/c1-3-9-5-4-6-10(7-9)13-16-11(8-19-2)12(15)14(18)17-13/h9-10H,3-8H2,1-2H3,(H,16,17,18). The van der Waals surface area contributed by atoms with Gasteiger partial charge >= 0.3 is 0 Å². The summed E-state index contributed by atoms with van der Waals surface area (Å²) in [4.78, 5) is 19.6. The lowest BCUT2D eigenvalue weighted by molar-refractivity contribution is 0.180. The van der Waals surface area contributed by atoms with Gasteiger partial charge in [-0.2, -0.15) is 0 Å². The average Bonchev–Trinajstić information content (AvgIpc) is 2.44. The Labute approximate surface area is 127 Å². The van der Waals surface area contributed by atoms with Crippen LogP contribution in [0.15, 0.2) is 4.79 Å². The van der Waals surface area contributed by atoms with Crippen molar-refractivity contribution in [2.45, 2.75) is 51.6 Å². The summed E-state index contributed by atoms with van der Waals surface area (Å²) in [5, 5.41) is 0. The molecule has 2 unspecified atom stereocenters. The normalized spacial score (nSPS) is 23.5. The zero-order valence-electron chi connectivity index (χ0n) is 11.5. The predicted octanol–water partition coefficient (Wildman–Crippen LogP) is 3.20. The summed E-state index contributed by atoms with van der Waals surface area (Å²) in [6, 6.07) is 0. The van der Waals surface area contributed by atoms with Gasteiger partial charge in [-0.1, -0.05) is 26.2 Å². The lowest BCUT2D eigenvalue weighted by Crippen LogP contribution is -2.23. The van der Waals surface area contributed by atoms with Crippen LogP contribution < -0.4 is 5.56 Å². The lowest BCUT2D eigenvalue weighted by Gasteiger charge is -2.27. The van der Waals surface area contributed by atoms with Crippen molar-refractivity contribution >= 4 is 22.6 Å². The fourth-order valence-corrected chi connectivity index (χ4v) is 3.27. The molecule has 0 amide bonds. The van der Waals surface area contributed by atoms with Crippen molar-refractivity contribution in [3.05, 3.63) is 25.4 Å². The van der Waals surface area contributed by atoms with Crippen molar-refractivity contribution in [1.29, 1.82) is 0 Å². The molecule has 1 heterocycles. The van der Waals surface area contributed by atoms with Crippen LogP contribution in [0.5, 0.6) is 0 Å². The van der Waals surface area contributed by atoms with Gasteiger partial charge in [-0.15, -0.1) is 0 Å². The van der Waals surface area contributed by atoms with Crippen LogP contribution in [0.25, 0.3) is 0 Å². The van der Waals surface area contributed by atoms with Crippen LogP contribution in [0, 0.1) is 9.49 Å². The lowest BCUT2D eigenvalue weighted by atomic mass is 9.80. The summed E-state index contributed by atoms with van der Waals surface area (Å²) in [5.74, 6) is 2.03. The summed E-state index contributed by atoms with van der Waals surface area (Å²) in [6.45, 7) is 2.65.